The maximum atomic E-state index is 12.8. The third kappa shape index (κ3) is 4.82. The number of rotatable bonds is 4. The first-order valence-corrected chi connectivity index (χ1v) is 13.9. The van der Waals surface area contributed by atoms with E-state index in [1.54, 1.807) is 0 Å². The number of benzene rings is 2. The molecule has 1 fully saturated rings. The largest absolute Gasteiger partial charge is 0.444 e. The monoisotopic (exact) mass is 527 g/mol. The number of ether oxygens (including phenoxy) is 1. The van der Waals surface area contributed by atoms with E-state index >= 15 is 0 Å². The maximum Gasteiger partial charge on any atom is 0.408 e. The van der Waals surface area contributed by atoms with Gasteiger partial charge in [0.2, 0.25) is 0 Å². The molecule has 1 amide bonds. The summed E-state index contributed by atoms with van der Waals surface area (Å²) in [7, 11) is 0. The van der Waals surface area contributed by atoms with Crippen molar-refractivity contribution in [2.24, 2.45) is 5.41 Å². The van der Waals surface area contributed by atoms with Gasteiger partial charge in [-0.2, -0.15) is 0 Å². The molecule has 0 saturated carbocycles. The zero-order chi connectivity index (χ0) is 27.2. The molecule has 2 aliphatic heterocycles. The fraction of sp³-hybridized carbons (Fsp3) is 0.452. The number of carbonyl (C=O) groups is 1. The summed E-state index contributed by atoms with van der Waals surface area (Å²) in [5.74, 6) is 1.52. The lowest BCUT2D eigenvalue weighted by Gasteiger charge is -2.44. The number of anilines is 3. The standard InChI is InChI=1S/C31H37N5O3/c1-30(2,3)39-29(38)34-27-23-10-6-4-9-22(23)18-31(27)13-16-35(17-14-31)28-24(20-37)33-26(19-32-28)36-15-12-21-8-5-7-11-25(21)36/h4-11,19,27,37H,12-18,20H2,1-3H3,(H,34,38)/t27-/m1/s1. The molecule has 0 unspecified atom stereocenters. The van der Waals surface area contributed by atoms with Crippen molar-refractivity contribution in [3.63, 3.8) is 0 Å². The second-order valence-corrected chi connectivity index (χ2v) is 12.0. The van der Waals surface area contributed by atoms with Gasteiger partial charge in [-0.1, -0.05) is 42.5 Å². The van der Waals surface area contributed by atoms with Crippen LogP contribution in [0.25, 0.3) is 0 Å². The first-order chi connectivity index (χ1) is 18.8. The molecule has 0 radical (unpaired) electrons. The van der Waals surface area contributed by atoms with E-state index in [1.807, 2.05) is 39.1 Å². The number of fused-ring (bicyclic) bond motifs is 2. The third-order valence-corrected chi connectivity index (χ3v) is 8.36. The number of amides is 1. The van der Waals surface area contributed by atoms with Crippen molar-refractivity contribution in [2.45, 2.75) is 64.7 Å². The molecule has 3 aromatic rings. The van der Waals surface area contributed by atoms with Gasteiger partial charge in [0, 0.05) is 30.7 Å². The van der Waals surface area contributed by atoms with Crippen LogP contribution in [0.1, 0.15) is 62.0 Å². The van der Waals surface area contributed by atoms with Crippen LogP contribution in [0.2, 0.25) is 0 Å². The van der Waals surface area contributed by atoms with Crippen molar-refractivity contribution in [3.05, 3.63) is 77.1 Å². The first-order valence-electron chi connectivity index (χ1n) is 13.9. The summed E-state index contributed by atoms with van der Waals surface area (Å²) in [6.45, 7) is 7.89. The zero-order valence-electron chi connectivity index (χ0n) is 23.0. The molecular weight excluding hydrogens is 490 g/mol. The van der Waals surface area contributed by atoms with Crippen LogP contribution in [0.3, 0.4) is 0 Å². The van der Waals surface area contributed by atoms with E-state index in [0.29, 0.717) is 5.69 Å². The molecule has 8 heteroatoms. The molecular formula is C31H37N5O3. The Hall–Kier alpha value is -3.65. The summed E-state index contributed by atoms with van der Waals surface area (Å²) in [4.78, 5) is 26.9. The Balaban J connectivity index is 1.21. The third-order valence-electron chi connectivity index (χ3n) is 8.36. The highest BCUT2D eigenvalue weighted by Gasteiger charge is 2.49. The fourth-order valence-electron chi connectivity index (χ4n) is 6.56. The minimum Gasteiger partial charge on any atom is -0.444 e. The highest BCUT2D eigenvalue weighted by molar-refractivity contribution is 5.69. The summed E-state index contributed by atoms with van der Waals surface area (Å²) in [6, 6.07) is 16.7. The van der Waals surface area contributed by atoms with Gasteiger partial charge >= 0.3 is 6.09 Å². The van der Waals surface area contributed by atoms with E-state index in [2.05, 4.69) is 51.5 Å². The molecule has 1 spiro atoms. The van der Waals surface area contributed by atoms with Crippen LogP contribution >= 0.6 is 0 Å². The molecule has 8 nitrogen and oxygen atoms in total. The molecule has 39 heavy (non-hydrogen) atoms. The van der Waals surface area contributed by atoms with Crippen molar-refractivity contribution in [1.82, 2.24) is 15.3 Å². The first kappa shape index (κ1) is 25.6. The number of alkyl carbamates (subject to hydrolysis) is 1. The van der Waals surface area contributed by atoms with Crippen LogP contribution in [0, 0.1) is 5.41 Å². The molecule has 2 aromatic carbocycles. The minimum atomic E-state index is -0.554. The number of aliphatic hydroxyl groups is 1. The average molecular weight is 528 g/mol. The van der Waals surface area contributed by atoms with Gasteiger partial charge in [0.25, 0.3) is 0 Å². The van der Waals surface area contributed by atoms with E-state index in [1.165, 1.54) is 16.7 Å². The molecule has 3 aliphatic rings. The van der Waals surface area contributed by atoms with Crippen molar-refractivity contribution in [2.75, 3.05) is 29.4 Å². The lowest BCUT2D eigenvalue weighted by molar-refractivity contribution is 0.0428. The lowest BCUT2D eigenvalue weighted by atomic mass is 9.72. The van der Waals surface area contributed by atoms with Crippen molar-refractivity contribution in [1.29, 1.82) is 0 Å². The second-order valence-electron chi connectivity index (χ2n) is 12.0. The molecule has 1 atom stereocenters. The number of carbonyl (C=O) groups excluding carboxylic acids is 1. The van der Waals surface area contributed by atoms with Gasteiger partial charge in [-0.3, -0.25) is 0 Å². The van der Waals surface area contributed by atoms with Gasteiger partial charge in [-0.25, -0.2) is 14.8 Å². The van der Waals surface area contributed by atoms with Crippen LogP contribution in [0.5, 0.6) is 0 Å². The number of nitrogens with one attached hydrogen (secondary N) is 1. The number of piperidine rings is 1. The van der Waals surface area contributed by atoms with Crippen LogP contribution in [-0.4, -0.2) is 46.4 Å². The van der Waals surface area contributed by atoms with Crippen LogP contribution in [0.15, 0.2) is 54.7 Å². The highest BCUT2D eigenvalue weighted by atomic mass is 16.6. The quantitative estimate of drug-likeness (QED) is 0.489. The number of hydrogen-bond donors (Lipinski definition) is 2. The van der Waals surface area contributed by atoms with Gasteiger partial charge in [0.1, 0.15) is 11.3 Å². The molecule has 6 rings (SSSR count). The normalized spacial score (nSPS) is 19.6. The molecule has 2 N–H and O–H groups in total. The topological polar surface area (TPSA) is 90.8 Å². The molecule has 1 aromatic heterocycles. The Morgan fingerprint density at radius 2 is 1.79 bits per heavy atom. The zero-order valence-corrected chi connectivity index (χ0v) is 23.0. The summed E-state index contributed by atoms with van der Waals surface area (Å²) in [5.41, 5.74) is 4.90. The lowest BCUT2D eigenvalue weighted by Crippen LogP contribution is -2.48. The summed E-state index contributed by atoms with van der Waals surface area (Å²) < 4.78 is 5.63. The summed E-state index contributed by atoms with van der Waals surface area (Å²) >= 11 is 0. The summed E-state index contributed by atoms with van der Waals surface area (Å²) in [5, 5.41) is 13.5. The number of aliphatic hydroxyl groups excluding tert-OH is 1. The Bertz CT molecular complexity index is 1380. The van der Waals surface area contributed by atoms with Gasteiger partial charge in [-0.05, 0) is 69.2 Å². The minimum absolute atomic E-state index is 0.0941. The van der Waals surface area contributed by atoms with Crippen molar-refractivity contribution in [3.8, 4) is 0 Å². The fourth-order valence-corrected chi connectivity index (χ4v) is 6.56. The maximum absolute atomic E-state index is 12.8. The van der Waals surface area contributed by atoms with Gasteiger partial charge in [0.05, 0.1) is 18.8 Å². The Labute approximate surface area is 230 Å². The summed E-state index contributed by atoms with van der Waals surface area (Å²) in [6.07, 6.45) is 5.12. The number of nitrogens with zero attached hydrogens (tertiary/aromatic N) is 4. The van der Waals surface area contributed by atoms with E-state index in [0.717, 1.165) is 62.6 Å². The predicted molar refractivity (Wildman–Crippen MR) is 151 cm³/mol. The molecule has 0 bridgehead atoms. The van der Waals surface area contributed by atoms with Crippen LogP contribution in [0.4, 0.5) is 22.1 Å². The Kier molecular flexibility index (Phi) is 6.46. The number of hydrogen-bond acceptors (Lipinski definition) is 7. The Morgan fingerprint density at radius 1 is 1.08 bits per heavy atom. The molecule has 1 aliphatic carbocycles. The van der Waals surface area contributed by atoms with Gasteiger partial charge in [-0.15, -0.1) is 0 Å². The smallest absolute Gasteiger partial charge is 0.408 e. The SMILES string of the molecule is CC(C)(C)OC(=O)N[C@@H]1c2ccccc2CC12CCN(c1ncc(N3CCc4ccccc43)nc1CO)CC2. The Morgan fingerprint density at radius 3 is 2.54 bits per heavy atom. The average Bonchev–Trinajstić information content (AvgIpc) is 3.47. The van der Waals surface area contributed by atoms with Crippen LogP contribution in [-0.2, 0) is 24.2 Å². The van der Waals surface area contributed by atoms with E-state index in [-0.39, 0.29) is 24.2 Å². The predicted octanol–water partition coefficient (Wildman–Crippen LogP) is 5.07. The second kappa shape index (κ2) is 9.83. The van der Waals surface area contributed by atoms with E-state index < -0.39 is 5.60 Å². The number of para-hydroxylation sites is 1. The van der Waals surface area contributed by atoms with Crippen molar-refractivity contribution >= 4 is 23.4 Å². The molecule has 3 heterocycles. The van der Waals surface area contributed by atoms with E-state index in [9.17, 15) is 9.90 Å². The molecule has 204 valence electrons. The van der Waals surface area contributed by atoms with Gasteiger partial charge < -0.3 is 25.0 Å². The van der Waals surface area contributed by atoms with Crippen molar-refractivity contribution < 1.29 is 14.6 Å². The van der Waals surface area contributed by atoms with E-state index in [4.69, 9.17) is 14.7 Å². The number of aromatic nitrogens is 2. The van der Waals surface area contributed by atoms with Crippen LogP contribution < -0.4 is 15.1 Å². The highest BCUT2D eigenvalue weighted by Crippen LogP contribution is 2.52. The molecule has 1 saturated heterocycles. The van der Waals surface area contributed by atoms with Gasteiger partial charge in [0.15, 0.2) is 11.6 Å².